The zero-order chi connectivity index (χ0) is 28.2. The van der Waals surface area contributed by atoms with Crippen LogP contribution < -0.4 is 15.0 Å². The fourth-order valence-electron chi connectivity index (χ4n) is 3.55. The molecule has 0 spiro atoms. The number of halogens is 1. The highest BCUT2D eigenvalue weighted by Gasteiger charge is 2.27. The Kier molecular flexibility index (Phi) is 8.87. The van der Waals surface area contributed by atoms with Gasteiger partial charge in [0.1, 0.15) is 5.82 Å². The van der Waals surface area contributed by atoms with Crippen molar-refractivity contribution in [3.63, 3.8) is 0 Å². The van der Waals surface area contributed by atoms with Crippen LogP contribution >= 0.6 is 15.9 Å². The Hall–Kier alpha value is -3.80. The van der Waals surface area contributed by atoms with E-state index in [-0.39, 0.29) is 35.8 Å². The minimum Gasteiger partial charge on any atom is -0.490 e. The van der Waals surface area contributed by atoms with Gasteiger partial charge in [0.15, 0.2) is 11.9 Å². The van der Waals surface area contributed by atoms with Crippen molar-refractivity contribution >= 4 is 44.7 Å². The Morgan fingerprint density at radius 1 is 1.24 bits per heavy atom. The summed E-state index contributed by atoms with van der Waals surface area (Å²) in [6.45, 7) is 10.8. The number of fused-ring (bicyclic) bond motifs is 1. The van der Waals surface area contributed by atoms with Crippen LogP contribution in [0.2, 0.25) is 0 Å². The maximum absolute atomic E-state index is 13.4. The van der Waals surface area contributed by atoms with E-state index in [4.69, 9.17) is 14.2 Å². The van der Waals surface area contributed by atoms with Crippen LogP contribution in [0.3, 0.4) is 0 Å². The first kappa shape index (κ1) is 28.8. The van der Waals surface area contributed by atoms with Crippen LogP contribution in [0.25, 0.3) is 10.9 Å². The number of hydrogen-bond donors (Lipinski definition) is 0. The first-order valence-electron chi connectivity index (χ1n) is 11.9. The molecule has 0 saturated heterocycles. The number of carbonyl (C=O) groups excluding carboxylic acids is 1. The van der Waals surface area contributed by atoms with Crippen molar-refractivity contribution < 1.29 is 23.9 Å². The van der Waals surface area contributed by atoms with Crippen LogP contribution in [-0.4, -0.2) is 46.1 Å². The molecule has 0 radical (unpaired) electrons. The van der Waals surface area contributed by atoms with Gasteiger partial charge < -0.3 is 14.2 Å². The van der Waals surface area contributed by atoms with E-state index in [2.05, 4.69) is 26.0 Å². The molecule has 3 rings (SSSR count). The van der Waals surface area contributed by atoms with Crippen molar-refractivity contribution in [3.05, 3.63) is 66.7 Å². The minimum absolute atomic E-state index is 0.0447. The summed E-state index contributed by atoms with van der Waals surface area (Å²) in [5, 5.41) is 16.7. The zero-order valence-corrected chi connectivity index (χ0v) is 23.6. The maximum Gasteiger partial charge on any atom is 0.347 e. The molecule has 0 aliphatic carbocycles. The van der Waals surface area contributed by atoms with Crippen LogP contribution in [-0.2, 0) is 14.9 Å². The van der Waals surface area contributed by atoms with E-state index in [1.54, 1.807) is 32.0 Å². The Morgan fingerprint density at radius 2 is 1.95 bits per heavy atom. The van der Waals surface area contributed by atoms with Gasteiger partial charge in [0.25, 0.3) is 5.56 Å². The third-order valence-corrected chi connectivity index (χ3v) is 5.76. The molecule has 0 aliphatic heterocycles. The summed E-state index contributed by atoms with van der Waals surface area (Å²) < 4.78 is 18.1. The van der Waals surface area contributed by atoms with Gasteiger partial charge in [-0.25, -0.2) is 9.78 Å². The standard InChI is InChI=1S/C26H29BrN4O7/c1-7-36-21-12-16(11-20(31(34)35)22(21)38-15(3)24(33)37-8-2)14-28-30-23(32)18-13-17(27)9-10-19(18)29-25(30)26(4,5)6/h9-15H,7-8H2,1-6H3/t15-/m1/s1. The number of nitro benzene ring substituents is 1. The third kappa shape index (κ3) is 6.36. The third-order valence-electron chi connectivity index (χ3n) is 5.27. The van der Waals surface area contributed by atoms with Gasteiger partial charge in [0, 0.05) is 21.5 Å². The molecule has 202 valence electrons. The number of aromatic nitrogens is 2. The van der Waals surface area contributed by atoms with Crippen molar-refractivity contribution in [1.82, 2.24) is 9.66 Å². The molecule has 12 heteroatoms. The summed E-state index contributed by atoms with van der Waals surface area (Å²) in [6.07, 6.45) is 0.208. The largest absolute Gasteiger partial charge is 0.490 e. The van der Waals surface area contributed by atoms with Crippen molar-refractivity contribution in [2.24, 2.45) is 5.10 Å². The smallest absolute Gasteiger partial charge is 0.347 e. The van der Waals surface area contributed by atoms with Crippen molar-refractivity contribution in [1.29, 1.82) is 0 Å². The fraction of sp³-hybridized carbons (Fsp3) is 0.385. The number of ether oxygens (including phenoxy) is 3. The summed E-state index contributed by atoms with van der Waals surface area (Å²) in [6, 6.07) is 7.93. The van der Waals surface area contributed by atoms with Gasteiger partial charge in [-0.3, -0.25) is 14.9 Å². The zero-order valence-electron chi connectivity index (χ0n) is 22.0. The SMILES string of the molecule is CCOC(=O)[C@@H](C)Oc1c(OCC)cc(C=Nn2c(C(C)(C)C)nc3ccc(Br)cc3c2=O)cc1[N+](=O)[O-]. The first-order valence-corrected chi connectivity index (χ1v) is 12.7. The number of hydrogen-bond acceptors (Lipinski definition) is 9. The second-order valence-corrected chi connectivity index (χ2v) is 10.2. The summed E-state index contributed by atoms with van der Waals surface area (Å²) in [5.74, 6) is -0.418. The van der Waals surface area contributed by atoms with Gasteiger partial charge in [0.05, 0.1) is 35.3 Å². The molecule has 0 aliphatic rings. The monoisotopic (exact) mass is 588 g/mol. The average molecular weight is 589 g/mol. The number of carbonyl (C=O) groups is 1. The average Bonchev–Trinajstić information content (AvgIpc) is 2.84. The summed E-state index contributed by atoms with van der Waals surface area (Å²) in [4.78, 5) is 41.4. The van der Waals surface area contributed by atoms with E-state index in [0.29, 0.717) is 21.2 Å². The molecule has 1 heterocycles. The van der Waals surface area contributed by atoms with E-state index in [0.717, 1.165) is 0 Å². The number of esters is 1. The highest BCUT2D eigenvalue weighted by atomic mass is 79.9. The second-order valence-electron chi connectivity index (χ2n) is 9.28. The quantitative estimate of drug-likeness (QED) is 0.148. The molecule has 1 atom stereocenters. The van der Waals surface area contributed by atoms with Crippen LogP contribution in [0.4, 0.5) is 5.69 Å². The van der Waals surface area contributed by atoms with E-state index in [1.165, 1.54) is 29.9 Å². The predicted octanol–water partition coefficient (Wildman–Crippen LogP) is 4.98. The summed E-state index contributed by atoms with van der Waals surface area (Å²) in [7, 11) is 0. The summed E-state index contributed by atoms with van der Waals surface area (Å²) in [5.41, 5.74) is -0.558. The molecule has 0 unspecified atom stereocenters. The topological polar surface area (TPSA) is 135 Å². The maximum atomic E-state index is 13.4. The molecule has 0 amide bonds. The Bertz CT molecular complexity index is 1460. The van der Waals surface area contributed by atoms with E-state index >= 15 is 0 Å². The molecule has 0 N–H and O–H groups in total. The van der Waals surface area contributed by atoms with Gasteiger partial charge in [-0.05, 0) is 45.0 Å². The van der Waals surface area contributed by atoms with Gasteiger partial charge >= 0.3 is 11.7 Å². The molecule has 1 aromatic heterocycles. The lowest BCUT2D eigenvalue weighted by Gasteiger charge is -2.21. The number of rotatable bonds is 9. The fourth-order valence-corrected chi connectivity index (χ4v) is 3.91. The van der Waals surface area contributed by atoms with Crippen LogP contribution in [0, 0.1) is 10.1 Å². The molecular formula is C26H29BrN4O7. The van der Waals surface area contributed by atoms with E-state index < -0.39 is 28.1 Å². The highest BCUT2D eigenvalue weighted by Crippen LogP contribution is 2.39. The van der Waals surface area contributed by atoms with Crippen molar-refractivity contribution in [2.45, 2.75) is 53.1 Å². The lowest BCUT2D eigenvalue weighted by Crippen LogP contribution is -2.29. The minimum atomic E-state index is -1.11. The molecular weight excluding hydrogens is 560 g/mol. The van der Waals surface area contributed by atoms with Gasteiger partial charge in [0.2, 0.25) is 5.75 Å². The van der Waals surface area contributed by atoms with Crippen molar-refractivity contribution in [2.75, 3.05) is 13.2 Å². The highest BCUT2D eigenvalue weighted by molar-refractivity contribution is 9.10. The van der Waals surface area contributed by atoms with Crippen LogP contribution in [0.5, 0.6) is 11.5 Å². The predicted molar refractivity (Wildman–Crippen MR) is 146 cm³/mol. The Balaban J connectivity index is 2.16. The van der Waals surface area contributed by atoms with Gasteiger partial charge in [-0.1, -0.05) is 36.7 Å². The van der Waals surface area contributed by atoms with E-state index in [9.17, 15) is 19.7 Å². The van der Waals surface area contributed by atoms with Crippen LogP contribution in [0.15, 0.2) is 44.7 Å². The normalized spacial score (nSPS) is 12.5. The molecule has 0 fully saturated rings. The lowest BCUT2D eigenvalue weighted by atomic mass is 9.95. The molecule has 11 nitrogen and oxygen atoms in total. The summed E-state index contributed by atoms with van der Waals surface area (Å²) >= 11 is 3.38. The molecule has 0 saturated carbocycles. The van der Waals surface area contributed by atoms with Crippen LogP contribution in [0.1, 0.15) is 52.9 Å². The Morgan fingerprint density at radius 3 is 2.55 bits per heavy atom. The molecule has 38 heavy (non-hydrogen) atoms. The second kappa shape index (κ2) is 11.7. The number of nitro groups is 1. The van der Waals surface area contributed by atoms with E-state index in [1.807, 2.05) is 20.8 Å². The van der Waals surface area contributed by atoms with Gasteiger partial charge in [-0.15, -0.1) is 0 Å². The van der Waals surface area contributed by atoms with Crippen molar-refractivity contribution in [3.8, 4) is 11.5 Å². The molecule has 0 bridgehead atoms. The van der Waals surface area contributed by atoms with Gasteiger partial charge in [-0.2, -0.15) is 9.78 Å². The molecule has 3 aromatic rings. The first-order chi connectivity index (χ1) is 17.9. The number of benzene rings is 2. The molecule has 2 aromatic carbocycles. The number of nitrogens with zero attached hydrogens (tertiary/aromatic N) is 4. The Labute approximate surface area is 227 Å². The lowest BCUT2D eigenvalue weighted by molar-refractivity contribution is -0.386.